The summed E-state index contributed by atoms with van der Waals surface area (Å²) >= 11 is 0. The minimum Gasteiger partial charge on any atom is -0.464 e. The molecule has 3 N–H and O–H groups in total. The molecular weight excluding hydrogens is 272 g/mol. The van der Waals surface area contributed by atoms with Gasteiger partial charge in [0.25, 0.3) is 0 Å². The van der Waals surface area contributed by atoms with E-state index in [2.05, 4.69) is 10.6 Å². The molecule has 1 rings (SSSR count). The monoisotopic (exact) mass is 298 g/mol. The Morgan fingerprint density at radius 2 is 2.05 bits per heavy atom. The van der Waals surface area contributed by atoms with Crippen molar-refractivity contribution in [3.8, 4) is 0 Å². The van der Waals surface area contributed by atoms with Crippen LogP contribution in [-0.4, -0.2) is 37.0 Å². The molecule has 1 aromatic heterocycles. The summed E-state index contributed by atoms with van der Waals surface area (Å²) < 4.78 is 10.7. The van der Waals surface area contributed by atoms with Gasteiger partial charge in [-0.05, 0) is 31.9 Å². The van der Waals surface area contributed by atoms with E-state index in [1.807, 2.05) is 39.8 Å². The molecule has 2 unspecified atom stereocenters. The summed E-state index contributed by atoms with van der Waals surface area (Å²) in [6.45, 7) is 8.72. The highest BCUT2D eigenvalue weighted by molar-refractivity contribution is 5.74. The maximum Gasteiger partial charge on any atom is 0.315 e. The van der Waals surface area contributed by atoms with E-state index in [4.69, 9.17) is 9.15 Å². The zero-order valence-corrected chi connectivity index (χ0v) is 13.2. The number of nitrogens with one attached hydrogen (secondary N) is 2. The number of aliphatic hydroxyl groups excluding tert-OH is 1. The van der Waals surface area contributed by atoms with Gasteiger partial charge in [0.05, 0.1) is 18.8 Å². The molecule has 6 nitrogen and oxygen atoms in total. The van der Waals surface area contributed by atoms with E-state index >= 15 is 0 Å². The highest BCUT2D eigenvalue weighted by Gasteiger charge is 2.13. The maximum absolute atomic E-state index is 11.7. The van der Waals surface area contributed by atoms with Crippen molar-refractivity contribution in [3.63, 3.8) is 0 Å². The third kappa shape index (κ3) is 7.15. The Bertz CT molecular complexity index is 431. The van der Waals surface area contributed by atoms with Gasteiger partial charge >= 0.3 is 6.03 Å². The third-order valence-corrected chi connectivity index (χ3v) is 2.80. The first-order chi connectivity index (χ1) is 9.88. The second-order valence-corrected chi connectivity index (χ2v) is 5.61. The summed E-state index contributed by atoms with van der Waals surface area (Å²) in [5.41, 5.74) is 0. The third-order valence-electron chi connectivity index (χ3n) is 2.80. The lowest BCUT2D eigenvalue weighted by Gasteiger charge is -2.16. The fourth-order valence-electron chi connectivity index (χ4n) is 1.71. The minimum atomic E-state index is -0.712. The smallest absolute Gasteiger partial charge is 0.315 e. The van der Waals surface area contributed by atoms with E-state index in [1.165, 1.54) is 0 Å². The number of furan rings is 1. The quantitative estimate of drug-likeness (QED) is 0.685. The van der Waals surface area contributed by atoms with Crippen LogP contribution < -0.4 is 10.6 Å². The van der Waals surface area contributed by atoms with Gasteiger partial charge in [-0.3, -0.25) is 0 Å². The van der Waals surface area contributed by atoms with Crippen molar-refractivity contribution in [2.45, 2.75) is 39.8 Å². The molecule has 0 aliphatic heterocycles. The lowest BCUT2D eigenvalue weighted by Crippen LogP contribution is -2.41. The van der Waals surface area contributed by atoms with Crippen LogP contribution >= 0.6 is 0 Å². The molecule has 2 amide bonds. The van der Waals surface area contributed by atoms with Crippen LogP contribution in [0.3, 0.4) is 0 Å². The zero-order chi connectivity index (χ0) is 15.8. The number of amides is 2. The van der Waals surface area contributed by atoms with Crippen molar-refractivity contribution in [1.82, 2.24) is 10.6 Å². The number of carbonyl (C=O) groups excluding carboxylic acids is 1. The average Bonchev–Trinajstić information content (AvgIpc) is 2.83. The standard InChI is InChI=1S/C15H26N2O4/c1-10(2)8-20-9-13(18)7-16-15(19)17-12(4)14-6-5-11(3)21-14/h5-6,10,12-13,18H,7-9H2,1-4H3,(H2,16,17,19). The molecule has 0 radical (unpaired) electrons. The fourth-order valence-corrected chi connectivity index (χ4v) is 1.71. The maximum atomic E-state index is 11.7. The molecule has 0 bridgehead atoms. The summed E-state index contributed by atoms with van der Waals surface area (Å²) in [6, 6.07) is 3.10. The van der Waals surface area contributed by atoms with Crippen LogP contribution in [0.4, 0.5) is 4.79 Å². The van der Waals surface area contributed by atoms with Crippen LogP contribution in [0.25, 0.3) is 0 Å². The van der Waals surface area contributed by atoms with Crippen molar-refractivity contribution in [2.24, 2.45) is 5.92 Å². The molecular formula is C15H26N2O4. The Hall–Kier alpha value is -1.53. The van der Waals surface area contributed by atoms with Gasteiger partial charge in [-0.1, -0.05) is 13.8 Å². The molecule has 0 aromatic carbocycles. The highest BCUT2D eigenvalue weighted by Crippen LogP contribution is 2.15. The first kappa shape index (κ1) is 17.5. The first-order valence-corrected chi connectivity index (χ1v) is 7.25. The van der Waals surface area contributed by atoms with E-state index in [9.17, 15) is 9.90 Å². The average molecular weight is 298 g/mol. The van der Waals surface area contributed by atoms with Gasteiger partial charge in [0.1, 0.15) is 11.5 Å². The Morgan fingerprint density at radius 1 is 1.33 bits per heavy atom. The summed E-state index contributed by atoms with van der Waals surface area (Å²) in [5.74, 6) is 1.92. The summed E-state index contributed by atoms with van der Waals surface area (Å²) in [6.07, 6.45) is -0.712. The van der Waals surface area contributed by atoms with Gasteiger partial charge in [0.2, 0.25) is 0 Å². The molecule has 2 atom stereocenters. The van der Waals surface area contributed by atoms with E-state index in [0.717, 1.165) is 5.76 Å². The van der Waals surface area contributed by atoms with Crippen LogP contribution in [-0.2, 0) is 4.74 Å². The van der Waals surface area contributed by atoms with Crippen molar-refractivity contribution in [3.05, 3.63) is 23.7 Å². The summed E-state index contributed by atoms with van der Waals surface area (Å²) in [7, 11) is 0. The minimum absolute atomic E-state index is 0.147. The molecule has 1 heterocycles. The van der Waals surface area contributed by atoms with Crippen LogP contribution in [0.5, 0.6) is 0 Å². The van der Waals surface area contributed by atoms with Gasteiger partial charge in [-0.25, -0.2) is 4.79 Å². The number of aliphatic hydroxyl groups is 1. The second kappa shape index (κ2) is 8.69. The molecule has 0 spiro atoms. The number of hydrogen-bond donors (Lipinski definition) is 3. The normalized spacial score (nSPS) is 14.0. The molecule has 1 aromatic rings. The highest BCUT2D eigenvalue weighted by atomic mass is 16.5. The van der Waals surface area contributed by atoms with Gasteiger partial charge < -0.3 is 24.9 Å². The Morgan fingerprint density at radius 3 is 2.62 bits per heavy atom. The molecule has 6 heteroatoms. The van der Waals surface area contributed by atoms with Crippen LogP contribution in [0.15, 0.2) is 16.5 Å². The van der Waals surface area contributed by atoms with Crippen molar-refractivity contribution in [2.75, 3.05) is 19.8 Å². The van der Waals surface area contributed by atoms with Crippen molar-refractivity contribution in [1.29, 1.82) is 0 Å². The Balaban J connectivity index is 2.21. The number of urea groups is 1. The van der Waals surface area contributed by atoms with Gasteiger partial charge in [-0.15, -0.1) is 0 Å². The molecule has 120 valence electrons. The number of ether oxygens (including phenoxy) is 1. The topological polar surface area (TPSA) is 83.7 Å². The predicted octanol–water partition coefficient (Wildman–Crippen LogP) is 1.98. The number of carbonyl (C=O) groups is 1. The van der Waals surface area contributed by atoms with Gasteiger partial charge in [0, 0.05) is 13.2 Å². The number of rotatable bonds is 8. The van der Waals surface area contributed by atoms with Gasteiger partial charge in [-0.2, -0.15) is 0 Å². The number of aryl methyl sites for hydroxylation is 1. The Kier molecular flexibility index (Phi) is 7.25. The van der Waals surface area contributed by atoms with Crippen LogP contribution in [0, 0.1) is 12.8 Å². The summed E-state index contributed by atoms with van der Waals surface area (Å²) in [5, 5.41) is 15.0. The van der Waals surface area contributed by atoms with E-state index in [1.54, 1.807) is 0 Å². The summed E-state index contributed by atoms with van der Waals surface area (Å²) in [4.78, 5) is 11.7. The molecule has 0 aliphatic carbocycles. The van der Waals surface area contributed by atoms with E-state index in [0.29, 0.717) is 18.3 Å². The molecule has 0 fully saturated rings. The fraction of sp³-hybridized carbons (Fsp3) is 0.667. The molecule has 0 saturated carbocycles. The van der Waals surface area contributed by atoms with Crippen molar-refractivity contribution >= 4 is 6.03 Å². The molecule has 0 aliphatic rings. The second-order valence-electron chi connectivity index (χ2n) is 5.61. The Labute approximate surface area is 125 Å². The van der Waals surface area contributed by atoms with Crippen molar-refractivity contribution < 1.29 is 19.1 Å². The first-order valence-electron chi connectivity index (χ1n) is 7.25. The van der Waals surface area contributed by atoms with E-state index < -0.39 is 6.10 Å². The molecule has 21 heavy (non-hydrogen) atoms. The largest absolute Gasteiger partial charge is 0.464 e. The van der Waals surface area contributed by atoms with Crippen LogP contribution in [0.1, 0.15) is 38.3 Å². The zero-order valence-electron chi connectivity index (χ0n) is 13.2. The predicted molar refractivity (Wildman–Crippen MR) is 80.1 cm³/mol. The SMILES string of the molecule is Cc1ccc(C(C)NC(=O)NCC(O)COCC(C)C)o1. The number of hydrogen-bond acceptors (Lipinski definition) is 4. The lowest BCUT2D eigenvalue weighted by atomic mass is 10.2. The molecule has 0 saturated heterocycles. The lowest BCUT2D eigenvalue weighted by molar-refractivity contribution is 0.0272. The van der Waals surface area contributed by atoms with Gasteiger partial charge in [0.15, 0.2) is 0 Å². The van der Waals surface area contributed by atoms with Crippen LogP contribution in [0.2, 0.25) is 0 Å². The van der Waals surface area contributed by atoms with E-state index in [-0.39, 0.29) is 25.2 Å².